The Bertz CT molecular complexity index is 703. The molecule has 0 unspecified atom stereocenters. The zero-order valence-electron chi connectivity index (χ0n) is 13.2. The van der Waals surface area contributed by atoms with Crippen molar-refractivity contribution in [1.29, 1.82) is 5.26 Å². The zero-order chi connectivity index (χ0) is 18.0. The minimum Gasteiger partial charge on any atom is -0.332 e. The Morgan fingerprint density at radius 2 is 1.79 bits per heavy atom. The fraction of sp³-hybridized carbons (Fsp3) is 0.533. The molecule has 1 N–H and O–H groups in total. The van der Waals surface area contributed by atoms with Crippen molar-refractivity contribution in [2.75, 3.05) is 32.7 Å². The van der Waals surface area contributed by atoms with E-state index in [0.29, 0.717) is 19.6 Å². The molecule has 1 saturated heterocycles. The lowest BCUT2D eigenvalue weighted by Crippen LogP contribution is -3.15. The van der Waals surface area contributed by atoms with E-state index in [-0.39, 0.29) is 23.9 Å². The number of nitriles is 1. The number of sulfonamides is 1. The number of hydrogen-bond acceptors (Lipinski definition) is 3. The number of nitrogens with zero attached hydrogens (tertiary/aromatic N) is 2. The highest BCUT2D eigenvalue weighted by molar-refractivity contribution is 7.89. The van der Waals surface area contributed by atoms with Crippen LogP contribution in [0.25, 0.3) is 0 Å². The number of piperazine rings is 1. The first-order chi connectivity index (χ1) is 11.1. The summed E-state index contributed by atoms with van der Waals surface area (Å²) in [5.41, 5.74) is -0.874. The second-order valence-electron chi connectivity index (χ2n) is 5.91. The molecule has 0 amide bonds. The first-order valence-corrected chi connectivity index (χ1v) is 8.99. The molecule has 132 valence electrons. The molecular formula is C15H19F3N3O2S+. The first kappa shape index (κ1) is 18.7. The molecule has 0 aliphatic carbocycles. The topological polar surface area (TPSA) is 65.6 Å². The summed E-state index contributed by atoms with van der Waals surface area (Å²) in [7, 11) is -3.79. The van der Waals surface area contributed by atoms with Crippen LogP contribution in [0.5, 0.6) is 0 Å². The van der Waals surface area contributed by atoms with Gasteiger partial charge < -0.3 is 4.90 Å². The number of nitrogens with one attached hydrogen (secondary N) is 1. The summed E-state index contributed by atoms with van der Waals surface area (Å²) in [5.74, 6) is -0.0990. The Morgan fingerprint density at radius 3 is 2.25 bits per heavy atom. The third-order valence-electron chi connectivity index (χ3n) is 4.06. The van der Waals surface area contributed by atoms with Crippen molar-refractivity contribution in [2.24, 2.45) is 5.92 Å². The molecule has 0 bridgehead atoms. The standard InChI is InChI=1S/C15H18F3N3O2S/c1-12(10-19)11-20-6-8-21(9-7-20)24(22,23)14-4-2-13(3-5-14)15(16,17)18/h2-5,12H,6-9,11H2,1H3/p+1/t12-/m0/s1. The molecule has 1 heterocycles. The van der Waals surface area contributed by atoms with Gasteiger partial charge in [0.2, 0.25) is 10.0 Å². The molecule has 0 radical (unpaired) electrons. The quantitative estimate of drug-likeness (QED) is 0.860. The Balaban J connectivity index is 2.05. The van der Waals surface area contributed by atoms with E-state index in [2.05, 4.69) is 6.07 Å². The maximum atomic E-state index is 12.6. The van der Waals surface area contributed by atoms with Gasteiger partial charge in [0.05, 0.1) is 55.2 Å². The number of hydrogen-bond donors (Lipinski definition) is 1. The van der Waals surface area contributed by atoms with Crippen LogP contribution >= 0.6 is 0 Å². The van der Waals surface area contributed by atoms with Crippen molar-refractivity contribution in [3.8, 4) is 6.07 Å². The molecule has 1 aromatic carbocycles. The van der Waals surface area contributed by atoms with Gasteiger partial charge in [-0.1, -0.05) is 0 Å². The Labute approximate surface area is 139 Å². The fourth-order valence-electron chi connectivity index (χ4n) is 2.69. The van der Waals surface area contributed by atoms with Crippen molar-refractivity contribution in [2.45, 2.75) is 18.0 Å². The van der Waals surface area contributed by atoms with Gasteiger partial charge in [-0.05, 0) is 31.2 Å². The molecular weight excluding hydrogens is 343 g/mol. The number of quaternary nitrogens is 1. The highest BCUT2D eigenvalue weighted by atomic mass is 32.2. The van der Waals surface area contributed by atoms with Gasteiger partial charge in [0.15, 0.2) is 0 Å². The van der Waals surface area contributed by atoms with Crippen LogP contribution in [0.3, 0.4) is 0 Å². The summed E-state index contributed by atoms with van der Waals surface area (Å²) >= 11 is 0. The average molecular weight is 362 g/mol. The molecule has 2 rings (SSSR count). The summed E-state index contributed by atoms with van der Waals surface area (Å²) < 4.78 is 64.0. The second-order valence-corrected chi connectivity index (χ2v) is 7.85. The van der Waals surface area contributed by atoms with Gasteiger partial charge in [0.25, 0.3) is 0 Å². The maximum Gasteiger partial charge on any atom is 0.416 e. The van der Waals surface area contributed by atoms with Crippen molar-refractivity contribution in [3.05, 3.63) is 29.8 Å². The minimum atomic E-state index is -4.49. The summed E-state index contributed by atoms with van der Waals surface area (Å²) in [4.78, 5) is 1.02. The normalized spacial score (nSPS) is 19.0. The van der Waals surface area contributed by atoms with Crippen LogP contribution in [0.1, 0.15) is 12.5 Å². The molecule has 0 spiro atoms. The zero-order valence-corrected chi connectivity index (χ0v) is 14.0. The van der Waals surface area contributed by atoms with Gasteiger partial charge in [-0.3, -0.25) is 0 Å². The van der Waals surface area contributed by atoms with E-state index in [1.807, 2.05) is 6.92 Å². The van der Waals surface area contributed by atoms with E-state index in [0.717, 1.165) is 29.2 Å². The largest absolute Gasteiger partial charge is 0.416 e. The van der Waals surface area contributed by atoms with E-state index < -0.39 is 21.8 Å². The SMILES string of the molecule is C[C@@H](C#N)C[NH+]1CCN(S(=O)(=O)c2ccc(C(F)(F)F)cc2)CC1. The van der Waals surface area contributed by atoms with Crippen LogP contribution in [-0.2, 0) is 16.2 Å². The molecule has 0 aromatic heterocycles. The van der Waals surface area contributed by atoms with Crippen LogP contribution in [0, 0.1) is 17.2 Å². The van der Waals surface area contributed by atoms with Gasteiger partial charge in [0, 0.05) is 0 Å². The third-order valence-corrected chi connectivity index (χ3v) is 5.98. The molecule has 1 aromatic rings. The smallest absolute Gasteiger partial charge is 0.332 e. The van der Waals surface area contributed by atoms with Crippen molar-refractivity contribution in [3.63, 3.8) is 0 Å². The van der Waals surface area contributed by atoms with Crippen molar-refractivity contribution in [1.82, 2.24) is 4.31 Å². The molecule has 1 fully saturated rings. The van der Waals surface area contributed by atoms with E-state index >= 15 is 0 Å². The van der Waals surface area contributed by atoms with Crippen LogP contribution in [0.4, 0.5) is 13.2 Å². The summed E-state index contributed by atoms with van der Waals surface area (Å²) in [6, 6.07) is 5.70. The molecule has 9 heteroatoms. The Morgan fingerprint density at radius 1 is 1.25 bits per heavy atom. The van der Waals surface area contributed by atoms with Crippen LogP contribution < -0.4 is 4.90 Å². The van der Waals surface area contributed by atoms with Gasteiger partial charge in [-0.15, -0.1) is 0 Å². The average Bonchev–Trinajstić information content (AvgIpc) is 2.54. The van der Waals surface area contributed by atoms with E-state index in [9.17, 15) is 21.6 Å². The maximum absolute atomic E-state index is 12.6. The first-order valence-electron chi connectivity index (χ1n) is 7.55. The minimum absolute atomic E-state index is 0.0990. The monoisotopic (exact) mass is 362 g/mol. The predicted molar refractivity (Wildman–Crippen MR) is 80.5 cm³/mol. The van der Waals surface area contributed by atoms with Crippen molar-refractivity contribution >= 4 is 10.0 Å². The summed E-state index contributed by atoms with van der Waals surface area (Å²) in [5, 5.41) is 8.83. The van der Waals surface area contributed by atoms with Gasteiger partial charge >= 0.3 is 6.18 Å². The van der Waals surface area contributed by atoms with E-state index in [4.69, 9.17) is 5.26 Å². The third kappa shape index (κ3) is 4.26. The second kappa shape index (κ2) is 7.09. The van der Waals surface area contributed by atoms with E-state index in [1.54, 1.807) is 0 Å². The summed E-state index contributed by atoms with van der Waals surface area (Å²) in [6.07, 6.45) is -4.49. The molecule has 1 aliphatic rings. The van der Waals surface area contributed by atoms with Gasteiger partial charge in [0.1, 0.15) is 0 Å². The van der Waals surface area contributed by atoms with Gasteiger partial charge in [-0.25, -0.2) is 8.42 Å². The number of halogens is 3. The van der Waals surface area contributed by atoms with Crippen LogP contribution in [0.15, 0.2) is 29.2 Å². The Kier molecular flexibility index (Phi) is 5.52. The molecule has 24 heavy (non-hydrogen) atoms. The highest BCUT2D eigenvalue weighted by Crippen LogP contribution is 2.30. The fourth-order valence-corrected chi connectivity index (χ4v) is 4.13. The van der Waals surface area contributed by atoms with E-state index in [1.165, 1.54) is 4.31 Å². The predicted octanol–water partition coefficient (Wildman–Crippen LogP) is 0.754. The number of rotatable bonds is 4. The molecule has 1 atom stereocenters. The lowest BCUT2D eigenvalue weighted by atomic mass is 10.2. The lowest BCUT2D eigenvalue weighted by Gasteiger charge is -2.32. The number of alkyl halides is 3. The lowest BCUT2D eigenvalue weighted by molar-refractivity contribution is -0.905. The molecule has 5 nitrogen and oxygen atoms in total. The van der Waals surface area contributed by atoms with Crippen molar-refractivity contribution < 1.29 is 26.5 Å². The molecule has 0 saturated carbocycles. The van der Waals surface area contributed by atoms with Crippen LogP contribution in [0.2, 0.25) is 0 Å². The molecule has 1 aliphatic heterocycles. The van der Waals surface area contributed by atoms with Gasteiger partial charge in [-0.2, -0.15) is 22.7 Å². The highest BCUT2D eigenvalue weighted by Gasteiger charge is 2.33. The summed E-state index contributed by atoms with van der Waals surface area (Å²) in [6.45, 7) is 4.20. The van der Waals surface area contributed by atoms with Crippen LogP contribution in [-0.4, -0.2) is 45.4 Å². The Hall–Kier alpha value is -1.63. The number of benzene rings is 1.